The summed E-state index contributed by atoms with van der Waals surface area (Å²) in [4.78, 5) is 12.4. The molecule has 2 aromatic rings. The van der Waals surface area contributed by atoms with Gasteiger partial charge >= 0.3 is 6.18 Å². The van der Waals surface area contributed by atoms with Crippen molar-refractivity contribution >= 4 is 18.3 Å². The average Bonchev–Trinajstić information content (AvgIpc) is 3.11. The third-order valence-corrected chi connectivity index (χ3v) is 4.71. The highest BCUT2D eigenvalue weighted by Gasteiger charge is 2.34. The Kier molecular flexibility index (Phi) is 6.83. The maximum absolute atomic E-state index is 13.1. The maximum Gasteiger partial charge on any atom is 0.418 e. The van der Waals surface area contributed by atoms with Crippen molar-refractivity contribution in [3.05, 3.63) is 41.7 Å². The highest BCUT2D eigenvalue weighted by atomic mass is 35.5. The number of aromatic nitrogens is 3. The Morgan fingerprint density at radius 1 is 1.26 bits per heavy atom. The second-order valence-corrected chi connectivity index (χ2v) is 6.42. The summed E-state index contributed by atoms with van der Waals surface area (Å²) in [5, 5.41) is 10.3. The average molecular weight is 404 g/mol. The topological polar surface area (TPSA) is 85.8 Å². The fourth-order valence-electron chi connectivity index (χ4n) is 3.32. The van der Waals surface area contributed by atoms with E-state index >= 15 is 0 Å². The van der Waals surface area contributed by atoms with Crippen LogP contribution in [0.15, 0.2) is 30.5 Å². The van der Waals surface area contributed by atoms with E-state index in [1.54, 1.807) is 0 Å². The van der Waals surface area contributed by atoms with Gasteiger partial charge in [0.2, 0.25) is 0 Å². The summed E-state index contributed by atoms with van der Waals surface area (Å²) in [7, 11) is 0. The molecule has 1 aliphatic carbocycles. The molecule has 0 bridgehead atoms. The number of hydrogen-bond acceptors (Lipinski definition) is 4. The SMILES string of the molecule is Cl.NCC1CCCCC1NC(=O)c1cn(-c2ccccc2C(F)(F)F)nn1. The van der Waals surface area contributed by atoms with Gasteiger partial charge in [-0.3, -0.25) is 4.79 Å². The third kappa shape index (κ3) is 4.78. The molecule has 0 radical (unpaired) electrons. The molecule has 1 aromatic carbocycles. The summed E-state index contributed by atoms with van der Waals surface area (Å²) in [5.41, 5.74) is 4.71. The normalized spacial score (nSPS) is 20.0. The first-order valence-electron chi connectivity index (χ1n) is 8.50. The lowest BCUT2D eigenvalue weighted by Gasteiger charge is -2.30. The molecule has 1 amide bonds. The number of halogens is 4. The first kappa shape index (κ1) is 21.2. The number of nitrogens with one attached hydrogen (secondary N) is 1. The van der Waals surface area contributed by atoms with Crippen LogP contribution in [0.3, 0.4) is 0 Å². The Hall–Kier alpha value is -2.13. The summed E-state index contributed by atoms with van der Waals surface area (Å²) in [6.07, 6.45) is 0.555. The molecule has 6 nitrogen and oxygen atoms in total. The predicted molar refractivity (Wildman–Crippen MR) is 95.9 cm³/mol. The molecule has 2 unspecified atom stereocenters. The fraction of sp³-hybridized carbons (Fsp3) is 0.471. The molecule has 10 heteroatoms. The minimum absolute atomic E-state index is 0. The van der Waals surface area contributed by atoms with Crippen molar-refractivity contribution in [2.24, 2.45) is 11.7 Å². The molecule has 3 N–H and O–H groups in total. The predicted octanol–water partition coefficient (Wildman–Crippen LogP) is 2.96. The molecule has 27 heavy (non-hydrogen) atoms. The van der Waals surface area contributed by atoms with Crippen LogP contribution in [0, 0.1) is 5.92 Å². The number of hydrogen-bond donors (Lipinski definition) is 2. The van der Waals surface area contributed by atoms with Gasteiger partial charge in [0.1, 0.15) is 0 Å². The van der Waals surface area contributed by atoms with Crippen LogP contribution in [-0.4, -0.2) is 33.5 Å². The molecular formula is C17H21ClF3N5O. The molecule has 0 spiro atoms. The molecule has 1 heterocycles. The number of amides is 1. The van der Waals surface area contributed by atoms with E-state index in [-0.39, 0.29) is 35.7 Å². The van der Waals surface area contributed by atoms with E-state index in [1.807, 2.05) is 0 Å². The zero-order chi connectivity index (χ0) is 18.7. The Labute approximate surface area is 160 Å². The number of alkyl halides is 3. The molecule has 148 valence electrons. The molecule has 1 aliphatic rings. The van der Waals surface area contributed by atoms with Crippen molar-refractivity contribution in [2.45, 2.75) is 37.9 Å². The first-order chi connectivity index (χ1) is 12.4. The van der Waals surface area contributed by atoms with Crippen LogP contribution in [0.4, 0.5) is 13.2 Å². The van der Waals surface area contributed by atoms with Gasteiger partial charge in [-0.15, -0.1) is 17.5 Å². The fourth-order valence-corrected chi connectivity index (χ4v) is 3.32. The van der Waals surface area contributed by atoms with Crippen LogP contribution in [0.25, 0.3) is 5.69 Å². The van der Waals surface area contributed by atoms with Crippen molar-refractivity contribution in [3.8, 4) is 5.69 Å². The Balaban J connectivity index is 0.00000261. The van der Waals surface area contributed by atoms with E-state index in [0.717, 1.165) is 36.4 Å². The molecule has 0 aliphatic heterocycles. The molecule has 3 rings (SSSR count). The standard InChI is InChI=1S/C17H20F3N5O.ClH/c18-17(19,20)12-6-2-4-8-15(12)25-10-14(23-24-25)16(26)22-13-7-3-1-5-11(13)9-21;/h2,4,6,8,10-11,13H,1,3,5,7,9,21H2,(H,22,26);1H. The van der Waals surface area contributed by atoms with Gasteiger partial charge in [0.05, 0.1) is 17.4 Å². The number of nitrogens with zero attached hydrogens (tertiary/aromatic N) is 3. The van der Waals surface area contributed by atoms with E-state index < -0.39 is 17.6 Å². The number of carbonyl (C=O) groups excluding carboxylic acids is 1. The second-order valence-electron chi connectivity index (χ2n) is 6.42. The molecule has 0 saturated heterocycles. The van der Waals surface area contributed by atoms with Crippen LogP contribution in [0.2, 0.25) is 0 Å². The van der Waals surface area contributed by atoms with Crippen LogP contribution in [0.5, 0.6) is 0 Å². The summed E-state index contributed by atoms with van der Waals surface area (Å²) < 4.78 is 40.4. The van der Waals surface area contributed by atoms with Gasteiger partial charge in [-0.1, -0.05) is 30.2 Å². The van der Waals surface area contributed by atoms with Gasteiger partial charge in [0.15, 0.2) is 5.69 Å². The Morgan fingerprint density at radius 2 is 1.96 bits per heavy atom. The van der Waals surface area contributed by atoms with Crippen molar-refractivity contribution < 1.29 is 18.0 Å². The maximum atomic E-state index is 13.1. The third-order valence-electron chi connectivity index (χ3n) is 4.71. The quantitative estimate of drug-likeness (QED) is 0.821. The lowest BCUT2D eigenvalue weighted by molar-refractivity contribution is -0.137. The van der Waals surface area contributed by atoms with Crippen LogP contribution >= 0.6 is 12.4 Å². The summed E-state index contributed by atoms with van der Waals surface area (Å²) in [6, 6.07) is 4.97. The molecular weight excluding hydrogens is 383 g/mol. The first-order valence-corrected chi connectivity index (χ1v) is 8.50. The lowest BCUT2D eigenvalue weighted by Crippen LogP contribution is -2.44. The number of rotatable bonds is 4. The van der Waals surface area contributed by atoms with E-state index in [4.69, 9.17) is 5.73 Å². The van der Waals surface area contributed by atoms with Gasteiger partial charge in [0.25, 0.3) is 5.91 Å². The largest absolute Gasteiger partial charge is 0.418 e. The summed E-state index contributed by atoms with van der Waals surface area (Å²) >= 11 is 0. The number of benzene rings is 1. The van der Waals surface area contributed by atoms with Gasteiger partial charge < -0.3 is 11.1 Å². The number of carbonyl (C=O) groups is 1. The van der Waals surface area contributed by atoms with Crippen molar-refractivity contribution in [1.82, 2.24) is 20.3 Å². The number of para-hydroxylation sites is 1. The van der Waals surface area contributed by atoms with Crippen LogP contribution in [0.1, 0.15) is 41.7 Å². The second kappa shape index (κ2) is 8.71. The van der Waals surface area contributed by atoms with E-state index in [1.165, 1.54) is 24.4 Å². The molecule has 2 atom stereocenters. The van der Waals surface area contributed by atoms with Crippen molar-refractivity contribution in [3.63, 3.8) is 0 Å². The van der Waals surface area contributed by atoms with E-state index in [0.29, 0.717) is 6.54 Å². The van der Waals surface area contributed by atoms with E-state index in [2.05, 4.69) is 15.6 Å². The minimum Gasteiger partial charge on any atom is -0.348 e. The zero-order valence-electron chi connectivity index (χ0n) is 14.4. The highest BCUT2D eigenvalue weighted by molar-refractivity contribution is 5.92. The highest BCUT2D eigenvalue weighted by Crippen LogP contribution is 2.33. The monoisotopic (exact) mass is 403 g/mol. The van der Waals surface area contributed by atoms with Crippen LogP contribution in [-0.2, 0) is 6.18 Å². The smallest absolute Gasteiger partial charge is 0.348 e. The minimum atomic E-state index is -4.53. The zero-order valence-corrected chi connectivity index (χ0v) is 15.3. The lowest BCUT2D eigenvalue weighted by atomic mass is 9.84. The van der Waals surface area contributed by atoms with Gasteiger partial charge in [-0.2, -0.15) is 13.2 Å². The number of nitrogens with two attached hydrogens (primary N) is 1. The molecule has 1 aromatic heterocycles. The van der Waals surface area contributed by atoms with Crippen LogP contribution < -0.4 is 11.1 Å². The van der Waals surface area contributed by atoms with Crippen molar-refractivity contribution in [1.29, 1.82) is 0 Å². The summed E-state index contributed by atoms with van der Waals surface area (Å²) in [6.45, 7) is 0.483. The van der Waals surface area contributed by atoms with Gasteiger partial charge in [-0.05, 0) is 37.4 Å². The van der Waals surface area contributed by atoms with Gasteiger partial charge in [-0.25, -0.2) is 4.68 Å². The summed E-state index contributed by atoms with van der Waals surface area (Å²) in [5.74, 6) is -0.250. The Bertz CT molecular complexity index is 780. The molecule has 1 fully saturated rings. The Morgan fingerprint density at radius 3 is 2.67 bits per heavy atom. The van der Waals surface area contributed by atoms with E-state index in [9.17, 15) is 18.0 Å². The van der Waals surface area contributed by atoms with Crippen molar-refractivity contribution in [2.75, 3.05) is 6.54 Å². The van der Waals surface area contributed by atoms with Gasteiger partial charge in [0, 0.05) is 6.04 Å². The molecule has 1 saturated carbocycles.